The summed E-state index contributed by atoms with van der Waals surface area (Å²) in [6.07, 6.45) is 1.44. The maximum Gasteiger partial charge on any atom is 0.369 e. The SMILES string of the molecule is NCc1ncc2c(n1)=NC(=O)N=2. The van der Waals surface area contributed by atoms with Crippen molar-refractivity contribution < 1.29 is 4.79 Å². The lowest BCUT2D eigenvalue weighted by Crippen LogP contribution is -2.28. The number of rotatable bonds is 1. The highest BCUT2D eigenvalue weighted by Crippen LogP contribution is 1.83. The summed E-state index contributed by atoms with van der Waals surface area (Å²) < 4.78 is 0. The van der Waals surface area contributed by atoms with Gasteiger partial charge in [-0.15, -0.1) is 0 Å². The molecule has 0 fully saturated rings. The molecule has 0 spiro atoms. The van der Waals surface area contributed by atoms with Crippen molar-refractivity contribution in [1.29, 1.82) is 0 Å². The van der Waals surface area contributed by atoms with E-state index in [4.69, 9.17) is 5.73 Å². The van der Waals surface area contributed by atoms with E-state index in [0.717, 1.165) is 0 Å². The number of hydrogen-bond donors (Lipinski definition) is 1. The maximum atomic E-state index is 10.7. The summed E-state index contributed by atoms with van der Waals surface area (Å²) in [7, 11) is 0. The second kappa shape index (κ2) is 2.42. The number of hydrogen-bond acceptors (Lipinski definition) is 4. The van der Waals surface area contributed by atoms with Gasteiger partial charge in [0.25, 0.3) is 0 Å². The van der Waals surface area contributed by atoms with Gasteiger partial charge in [-0.2, -0.15) is 9.98 Å². The Labute approximate surface area is 66.9 Å². The van der Waals surface area contributed by atoms with Gasteiger partial charge >= 0.3 is 6.03 Å². The molecule has 12 heavy (non-hydrogen) atoms. The average Bonchev–Trinajstić information content (AvgIpc) is 2.43. The molecule has 0 saturated heterocycles. The van der Waals surface area contributed by atoms with Crippen LogP contribution in [-0.4, -0.2) is 16.0 Å². The van der Waals surface area contributed by atoms with Gasteiger partial charge in [-0.05, 0) is 0 Å². The second-order valence-electron chi connectivity index (χ2n) is 2.21. The number of urea groups is 1. The largest absolute Gasteiger partial charge is 0.369 e. The van der Waals surface area contributed by atoms with E-state index < -0.39 is 6.03 Å². The van der Waals surface area contributed by atoms with E-state index in [-0.39, 0.29) is 6.54 Å². The molecule has 1 aliphatic rings. The fraction of sp³-hybridized carbons (Fsp3) is 0.167. The number of amides is 2. The summed E-state index contributed by atoms with van der Waals surface area (Å²) in [5.41, 5.74) is 5.61. The van der Waals surface area contributed by atoms with Crippen LogP contribution in [0, 0.1) is 0 Å². The summed E-state index contributed by atoms with van der Waals surface area (Å²) in [5.74, 6) is 0.461. The average molecular weight is 163 g/mol. The highest BCUT2D eigenvalue weighted by atomic mass is 16.2. The Morgan fingerprint density at radius 2 is 2.25 bits per heavy atom. The first kappa shape index (κ1) is 6.99. The van der Waals surface area contributed by atoms with E-state index in [9.17, 15) is 4.79 Å². The molecule has 2 amide bonds. The Hall–Kier alpha value is -1.69. The molecular formula is C6H5N5O. The normalized spacial score (nSPS) is 13.6. The van der Waals surface area contributed by atoms with Crippen LogP contribution in [0.2, 0.25) is 0 Å². The zero-order valence-electron chi connectivity index (χ0n) is 6.06. The molecule has 0 aromatic carbocycles. The number of carbonyl (C=O) groups is 1. The van der Waals surface area contributed by atoms with Gasteiger partial charge in [-0.3, -0.25) is 0 Å². The zero-order valence-corrected chi connectivity index (χ0v) is 6.06. The molecule has 0 unspecified atom stereocenters. The molecule has 6 heteroatoms. The third-order valence-corrected chi connectivity index (χ3v) is 1.40. The molecule has 0 atom stereocenters. The van der Waals surface area contributed by atoms with Gasteiger partial charge < -0.3 is 5.73 Å². The summed E-state index contributed by atoms with van der Waals surface area (Å²) in [5, 5.41) is 0.414. The van der Waals surface area contributed by atoms with Gasteiger partial charge in [-0.1, -0.05) is 0 Å². The van der Waals surface area contributed by atoms with Gasteiger partial charge in [0.15, 0.2) is 5.49 Å². The molecule has 0 aliphatic carbocycles. The monoisotopic (exact) mass is 163 g/mol. The van der Waals surface area contributed by atoms with Gasteiger partial charge in [0.1, 0.15) is 11.2 Å². The van der Waals surface area contributed by atoms with Crippen molar-refractivity contribution in [2.75, 3.05) is 0 Å². The second-order valence-corrected chi connectivity index (χ2v) is 2.21. The summed E-state index contributed by atoms with van der Waals surface area (Å²) in [4.78, 5) is 25.5. The Balaban J connectivity index is 2.72. The Bertz CT molecular complexity index is 451. The topological polar surface area (TPSA) is 93.6 Å². The lowest BCUT2D eigenvalue weighted by Gasteiger charge is -1.89. The van der Waals surface area contributed by atoms with Gasteiger partial charge in [0.05, 0.1) is 12.7 Å². The van der Waals surface area contributed by atoms with Crippen molar-refractivity contribution in [3.05, 3.63) is 22.9 Å². The van der Waals surface area contributed by atoms with Crippen molar-refractivity contribution in [3.63, 3.8) is 0 Å². The molecule has 2 rings (SSSR count). The number of nitrogens with two attached hydrogens (primary N) is 1. The standard InChI is InChI=1S/C6H5N5O/c7-1-4-8-2-3-5(10-4)11-6(12)9-3/h2H,1,7H2. The quantitative estimate of drug-likeness (QED) is 0.534. The Kier molecular flexibility index (Phi) is 1.41. The predicted molar refractivity (Wildman–Crippen MR) is 37.6 cm³/mol. The minimum Gasteiger partial charge on any atom is -0.324 e. The fourth-order valence-electron chi connectivity index (χ4n) is 0.880. The smallest absolute Gasteiger partial charge is 0.324 e. The first-order chi connectivity index (χ1) is 5.79. The van der Waals surface area contributed by atoms with Gasteiger partial charge in [0.2, 0.25) is 0 Å². The number of nitrogens with zero attached hydrogens (tertiary/aromatic N) is 4. The number of fused-ring (bicyclic) bond motifs is 1. The van der Waals surface area contributed by atoms with E-state index in [1.807, 2.05) is 0 Å². The summed E-state index contributed by atoms with van der Waals surface area (Å²) >= 11 is 0. The van der Waals surface area contributed by atoms with Crippen LogP contribution in [0.5, 0.6) is 0 Å². The minimum atomic E-state index is -0.534. The summed E-state index contributed by atoms with van der Waals surface area (Å²) in [6.45, 7) is 0.233. The van der Waals surface area contributed by atoms with Crippen LogP contribution < -0.4 is 16.6 Å². The van der Waals surface area contributed by atoms with Crippen LogP contribution in [-0.2, 0) is 6.54 Å². The van der Waals surface area contributed by atoms with Gasteiger partial charge in [0, 0.05) is 0 Å². The van der Waals surface area contributed by atoms with E-state index in [1.54, 1.807) is 0 Å². The zero-order chi connectivity index (χ0) is 8.55. The lowest BCUT2D eigenvalue weighted by atomic mass is 10.5. The molecule has 1 aliphatic heterocycles. The van der Waals surface area contributed by atoms with Crippen molar-refractivity contribution in [2.45, 2.75) is 6.54 Å². The number of carbonyl (C=O) groups excluding carboxylic acids is 1. The molecule has 0 bridgehead atoms. The first-order valence-electron chi connectivity index (χ1n) is 3.33. The maximum absolute atomic E-state index is 10.7. The highest BCUT2D eigenvalue weighted by Gasteiger charge is 2.06. The molecule has 6 nitrogen and oxygen atoms in total. The third kappa shape index (κ3) is 0.978. The van der Waals surface area contributed by atoms with Crippen molar-refractivity contribution in [2.24, 2.45) is 15.7 Å². The summed E-state index contributed by atoms with van der Waals surface area (Å²) in [6, 6.07) is -0.534. The Morgan fingerprint density at radius 1 is 1.42 bits per heavy atom. The lowest BCUT2D eigenvalue weighted by molar-refractivity contribution is 0.256. The minimum absolute atomic E-state index is 0.233. The van der Waals surface area contributed by atoms with E-state index >= 15 is 0 Å². The van der Waals surface area contributed by atoms with Crippen LogP contribution >= 0.6 is 0 Å². The van der Waals surface area contributed by atoms with E-state index in [2.05, 4.69) is 20.0 Å². The van der Waals surface area contributed by atoms with Crippen molar-refractivity contribution in [3.8, 4) is 0 Å². The first-order valence-corrected chi connectivity index (χ1v) is 3.33. The Morgan fingerprint density at radius 3 is 3.00 bits per heavy atom. The van der Waals surface area contributed by atoms with Crippen LogP contribution in [0.25, 0.3) is 0 Å². The van der Waals surface area contributed by atoms with Crippen molar-refractivity contribution >= 4 is 6.03 Å². The van der Waals surface area contributed by atoms with E-state index in [0.29, 0.717) is 16.7 Å². The van der Waals surface area contributed by atoms with Crippen LogP contribution in [0.4, 0.5) is 4.79 Å². The van der Waals surface area contributed by atoms with Crippen molar-refractivity contribution in [1.82, 2.24) is 9.97 Å². The fourth-order valence-corrected chi connectivity index (χ4v) is 0.880. The predicted octanol–water partition coefficient (Wildman–Crippen LogP) is -1.69. The van der Waals surface area contributed by atoms with E-state index in [1.165, 1.54) is 6.20 Å². The van der Waals surface area contributed by atoms with Crippen LogP contribution in [0.15, 0.2) is 16.2 Å². The van der Waals surface area contributed by atoms with Crippen LogP contribution in [0.1, 0.15) is 5.82 Å². The number of aromatic nitrogens is 2. The molecule has 2 heterocycles. The van der Waals surface area contributed by atoms with Crippen LogP contribution in [0.3, 0.4) is 0 Å². The highest BCUT2D eigenvalue weighted by molar-refractivity contribution is 5.77. The molecule has 1 aromatic heterocycles. The molecule has 0 saturated carbocycles. The molecule has 2 N–H and O–H groups in total. The molecule has 60 valence electrons. The molecular weight excluding hydrogens is 158 g/mol. The van der Waals surface area contributed by atoms with Gasteiger partial charge in [-0.25, -0.2) is 14.8 Å². The third-order valence-electron chi connectivity index (χ3n) is 1.40. The molecule has 1 aromatic rings. The molecule has 0 radical (unpaired) electrons.